The van der Waals surface area contributed by atoms with E-state index in [2.05, 4.69) is 50.3 Å². The highest BCUT2D eigenvalue weighted by Gasteiger charge is 2.09. The molecule has 0 aromatic heterocycles. The fraction of sp³-hybridized carbons (Fsp3) is 0.625. The van der Waals surface area contributed by atoms with Crippen molar-refractivity contribution < 1.29 is 9.47 Å². The van der Waals surface area contributed by atoms with Crippen LogP contribution in [0.3, 0.4) is 0 Å². The summed E-state index contributed by atoms with van der Waals surface area (Å²) < 4.78 is 11.2. The highest BCUT2D eigenvalue weighted by Crippen LogP contribution is 2.30. The Hall–Kier alpha value is -1.26. The summed E-state index contributed by atoms with van der Waals surface area (Å²) in [6.45, 7) is 6.94. The van der Waals surface area contributed by atoms with Gasteiger partial charge in [-0.15, -0.1) is 0 Å². The largest absolute Gasteiger partial charge is 0.493 e. The summed E-state index contributed by atoms with van der Waals surface area (Å²) in [5, 5.41) is 3.40. The number of methoxy groups -OCH3 is 1. The summed E-state index contributed by atoms with van der Waals surface area (Å²) in [5.74, 6) is 1.62. The second-order valence-corrected chi connectivity index (χ2v) is 5.19. The Kier molecular flexibility index (Phi) is 7.41. The first kappa shape index (κ1) is 16.8. The highest BCUT2D eigenvalue weighted by molar-refractivity contribution is 5.43. The van der Waals surface area contributed by atoms with E-state index in [4.69, 9.17) is 9.47 Å². The van der Waals surface area contributed by atoms with E-state index in [-0.39, 0.29) is 0 Å². The molecule has 0 aliphatic rings. The van der Waals surface area contributed by atoms with Crippen LogP contribution in [0.5, 0.6) is 11.5 Å². The third kappa shape index (κ3) is 5.39. The van der Waals surface area contributed by atoms with Crippen LogP contribution in [0.25, 0.3) is 0 Å². The molecule has 0 amide bonds. The second kappa shape index (κ2) is 8.82. The van der Waals surface area contributed by atoms with Gasteiger partial charge in [0.05, 0.1) is 13.7 Å². The molecule has 1 rings (SSSR count). The van der Waals surface area contributed by atoms with Crippen LogP contribution in [0.2, 0.25) is 0 Å². The van der Waals surface area contributed by atoms with Gasteiger partial charge in [0.1, 0.15) is 0 Å². The summed E-state index contributed by atoms with van der Waals surface area (Å²) >= 11 is 0. The molecule has 4 nitrogen and oxygen atoms in total. The van der Waals surface area contributed by atoms with E-state index in [0.717, 1.165) is 31.0 Å². The Morgan fingerprint density at radius 2 is 2.00 bits per heavy atom. The molecular weight excluding hydrogens is 252 g/mol. The molecule has 114 valence electrons. The van der Waals surface area contributed by atoms with Crippen molar-refractivity contribution >= 4 is 0 Å². The van der Waals surface area contributed by atoms with Crippen LogP contribution < -0.4 is 14.8 Å². The summed E-state index contributed by atoms with van der Waals surface area (Å²) in [7, 11) is 5.82. The van der Waals surface area contributed by atoms with Gasteiger partial charge >= 0.3 is 0 Å². The quantitative estimate of drug-likeness (QED) is 0.705. The van der Waals surface area contributed by atoms with Gasteiger partial charge in [-0.3, -0.25) is 0 Å². The second-order valence-electron chi connectivity index (χ2n) is 5.19. The molecular formula is C16H28N2O2. The Bertz CT molecular complexity index is 394. The molecule has 0 saturated heterocycles. The Morgan fingerprint density at radius 3 is 2.60 bits per heavy atom. The summed E-state index contributed by atoms with van der Waals surface area (Å²) in [5.41, 5.74) is 1.21. The van der Waals surface area contributed by atoms with Crippen LogP contribution in [0, 0.1) is 0 Å². The lowest BCUT2D eigenvalue weighted by molar-refractivity contribution is 0.268. The number of hydrogen-bond donors (Lipinski definition) is 1. The Labute approximate surface area is 123 Å². The topological polar surface area (TPSA) is 33.7 Å². The van der Waals surface area contributed by atoms with Gasteiger partial charge in [0, 0.05) is 12.6 Å². The Balaban J connectivity index is 2.63. The molecule has 1 aromatic rings. The van der Waals surface area contributed by atoms with E-state index in [0.29, 0.717) is 12.6 Å². The lowest BCUT2D eigenvalue weighted by atomic mass is 10.1. The van der Waals surface area contributed by atoms with Gasteiger partial charge in [0.2, 0.25) is 0 Å². The molecule has 0 radical (unpaired) electrons. The molecule has 20 heavy (non-hydrogen) atoms. The van der Waals surface area contributed by atoms with Crippen molar-refractivity contribution in [2.24, 2.45) is 0 Å². The minimum atomic E-state index is 0.316. The molecule has 1 atom stereocenters. The molecule has 0 fully saturated rings. The molecule has 1 aromatic carbocycles. The van der Waals surface area contributed by atoms with E-state index in [1.54, 1.807) is 7.11 Å². The molecule has 4 heteroatoms. The van der Waals surface area contributed by atoms with E-state index in [1.165, 1.54) is 5.56 Å². The van der Waals surface area contributed by atoms with Crippen molar-refractivity contribution in [1.82, 2.24) is 10.2 Å². The first-order valence-corrected chi connectivity index (χ1v) is 7.27. The highest BCUT2D eigenvalue weighted by atomic mass is 16.5. The van der Waals surface area contributed by atoms with Gasteiger partial charge < -0.3 is 19.7 Å². The van der Waals surface area contributed by atoms with Gasteiger partial charge in [0.15, 0.2) is 11.5 Å². The Morgan fingerprint density at radius 1 is 1.25 bits per heavy atom. The standard InChI is InChI=1S/C16H28N2O2/c1-6-17-13(2)14-8-9-15(16(12-14)19-5)20-11-7-10-18(3)4/h8-9,12-13,17H,6-7,10-11H2,1-5H3. The molecule has 0 bridgehead atoms. The lowest BCUT2D eigenvalue weighted by Gasteiger charge is -2.17. The minimum Gasteiger partial charge on any atom is -0.493 e. The van der Waals surface area contributed by atoms with Gasteiger partial charge in [0.25, 0.3) is 0 Å². The molecule has 0 aliphatic carbocycles. The number of hydrogen-bond acceptors (Lipinski definition) is 4. The van der Waals surface area contributed by atoms with Crippen molar-refractivity contribution in [3.63, 3.8) is 0 Å². The van der Waals surface area contributed by atoms with E-state index >= 15 is 0 Å². The summed E-state index contributed by atoms with van der Waals surface area (Å²) in [6, 6.07) is 6.46. The average Bonchev–Trinajstić information content (AvgIpc) is 2.43. The fourth-order valence-electron chi connectivity index (χ4n) is 2.06. The smallest absolute Gasteiger partial charge is 0.161 e. The number of nitrogens with one attached hydrogen (secondary N) is 1. The first-order chi connectivity index (χ1) is 9.58. The molecule has 0 aliphatic heterocycles. The average molecular weight is 280 g/mol. The molecule has 0 saturated carbocycles. The maximum Gasteiger partial charge on any atom is 0.161 e. The SMILES string of the molecule is CCNC(C)c1ccc(OCCCN(C)C)c(OC)c1. The van der Waals surface area contributed by atoms with Crippen LogP contribution in [0.1, 0.15) is 31.9 Å². The maximum atomic E-state index is 5.80. The van der Waals surface area contributed by atoms with Crippen LogP contribution in [-0.2, 0) is 0 Å². The normalized spacial score (nSPS) is 12.5. The van der Waals surface area contributed by atoms with Gasteiger partial charge in [-0.25, -0.2) is 0 Å². The van der Waals surface area contributed by atoms with Crippen LogP contribution >= 0.6 is 0 Å². The third-order valence-corrected chi connectivity index (χ3v) is 3.21. The summed E-state index contributed by atoms with van der Waals surface area (Å²) in [6.07, 6.45) is 1.01. The maximum absolute atomic E-state index is 5.80. The third-order valence-electron chi connectivity index (χ3n) is 3.21. The minimum absolute atomic E-state index is 0.316. The number of benzene rings is 1. The first-order valence-electron chi connectivity index (χ1n) is 7.27. The van der Waals surface area contributed by atoms with Crippen molar-refractivity contribution in [3.05, 3.63) is 23.8 Å². The zero-order valence-electron chi connectivity index (χ0n) is 13.4. The monoisotopic (exact) mass is 280 g/mol. The predicted octanol–water partition coefficient (Wildman–Crippen LogP) is 2.70. The number of nitrogens with zero attached hydrogens (tertiary/aromatic N) is 1. The van der Waals surface area contributed by atoms with E-state index < -0.39 is 0 Å². The predicted molar refractivity (Wildman–Crippen MR) is 83.8 cm³/mol. The molecule has 0 spiro atoms. The summed E-state index contributed by atoms with van der Waals surface area (Å²) in [4.78, 5) is 2.15. The van der Waals surface area contributed by atoms with Gasteiger partial charge in [-0.2, -0.15) is 0 Å². The lowest BCUT2D eigenvalue weighted by Crippen LogP contribution is -2.18. The van der Waals surface area contributed by atoms with Crippen LogP contribution in [-0.4, -0.2) is 45.8 Å². The van der Waals surface area contributed by atoms with Crippen molar-refractivity contribution in [1.29, 1.82) is 0 Å². The van der Waals surface area contributed by atoms with Gasteiger partial charge in [-0.1, -0.05) is 13.0 Å². The number of rotatable bonds is 9. The van der Waals surface area contributed by atoms with Crippen LogP contribution in [0.4, 0.5) is 0 Å². The number of ether oxygens (including phenoxy) is 2. The van der Waals surface area contributed by atoms with Crippen LogP contribution in [0.15, 0.2) is 18.2 Å². The van der Waals surface area contributed by atoms with Crippen molar-refractivity contribution in [3.8, 4) is 11.5 Å². The zero-order chi connectivity index (χ0) is 15.0. The fourth-order valence-corrected chi connectivity index (χ4v) is 2.06. The molecule has 1 N–H and O–H groups in total. The molecule has 0 heterocycles. The van der Waals surface area contributed by atoms with E-state index in [9.17, 15) is 0 Å². The van der Waals surface area contributed by atoms with Gasteiger partial charge in [-0.05, 0) is 51.7 Å². The zero-order valence-corrected chi connectivity index (χ0v) is 13.4. The van der Waals surface area contributed by atoms with E-state index in [1.807, 2.05) is 6.07 Å². The van der Waals surface area contributed by atoms with Crippen molar-refractivity contribution in [2.75, 3.05) is 40.9 Å². The molecule has 1 unspecified atom stereocenters. The van der Waals surface area contributed by atoms with Crippen molar-refractivity contribution in [2.45, 2.75) is 26.3 Å².